The van der Waals surface area contributed by atoms with E-state index in [1.807, 2.05) is 107 Å². The van der Waals surface area contributed by atoms with Crippen molar-refractivity contribution in [3.8, 4) is 89.8 Å². The molecule has 2 aromatic carbocycles. The Morgan fingerprint density at radius 3 is 1.02 bits per heavy atom. The first kappa shape index (κ1) is 90.2. The summed E-state index contributed by atoms with van der Waals surface area (Å²) >= 11 is 0. The van der Waals surface area contributed by atoms with Crippen LogP contribution in [0.5, 0.6) is 0 Å². The van der Waals surface area contributed by atoms with Gasteiger partial charge in [0.2, 0.25) is 47.4 Å². The number of rotatable bonds is 22. The Hall–Kier alpha value is -17.3. The number of aromatic nitrogens is 25. The van der Waals surface area contributed by atoms with Gasteiger partial charge >= 0.3 is 0 Å². The second-order valence-corrected chi connectivity index (χ2v) is 37.3. The molecule has 5 aliphatic carbocycles. The average molecular weight is 1870 g/mol. The minimum atomic E-state index is -0.330. The van der Waals surface area contributed by atoms with Crippen molar-refractivity contribution in [1.29, 1.82) is 0 Å². The second-order valence-electron chi connectivity index (χ2n) is 37.3. The number of hydrogen-bond donors (Lipinski definition) is 6. The van der Waals surface area contributed by atoms with E-state index in [4.69, 9.17) is 56.9 Å². The molecular formula is C106H102N32O3. The third kappa shape index (κ3) is 18.3. The number of H-pyrrole nitrogens is 1. The van der Waals surface area contributed by atoms with Crippen molar-refractivity contribution >= 4 is 52.2 Å². The Morgan fingerprint density at radius 1 is 0.340 bits per heavy atom. The molecule has 0 radical (unpaired) electrons. The lowest BCUT2D eigenvalue weighted by Crippen LogP contribution is -2.42. The number of benzene rings is 2. The number of aromatic amines is 1. The molecule has 0 spiro atoms. The molecule has 35 nitrogen and oxygen atoms in total. The summed E-state index contributed by atoms with van der Waals surface area (Å²) in [6.45, 7) is 6.56. The number of hydrogen-bond acceptors (Lipinski definition) is 31. The van der Waals surface area contributed by atoms with E-state index < -0.39 is 0 Å². The van der Waals surface area contributed by atoms with E-state index in [0.29, 0.717) is 41.4 Å². The third-order valence-electron chi connectivity index (χ3n) is 28.5. The molecule has 5 fully saturated rings. The summed E-state index contributed by atoms with van der Waals surface area (Å²) in [6, 6.07) is 37.8. The normalized spacial score (nSPS) is 16.2. The summed E-state index contributed by atoms with van der Waals surface area (Å²) < 4.78 is 23.2. The maximum Gasteiger partial charge on any atom is 0.219 e. The Kier molecular flexibility index (Phi) is 24.1. The topological polar surface area (TPSA) is 496 Å². The van der Waals surface area contributed by atoms with Crippen LogP contribution in [0.3, 0.4) is 0 Å². The Bertz CT molecular complexity index is 7210. The van der Waals surface area contributed by atoms with Crippen molar-refractivity contribution in [2.24, 2.45) is 49.1 Å². The monoisotopic (exact) mass is 1870 g/mol. The fourth-order valence-electron chi connectivity index (χ4n) is 19.3. The quantitative estimate of drug-likeness (QED) is 0.0367. The molecule has 19 aromatic rings. The Balaban J connectivity index is 0.000000105. The van der Waals surface area contributed by atoms with Crippen molar-refractivity contribution in [2.45, 2.75) is 131 Å². The van der Waals surface area contributed by atoms with Gasteiger partial charge in [-0.25, -0.2) is 69.8 Å². The number of fused-ring (bicyclic) bond motifs is 1. The molecule has 3 atom stereocenters. The summed E-state index contributed by atoms with van der Waals surface area (Å²) in [5.74, 6) is 4.92. The molecule has 5 saturated carbocycles. The predicted octanol–water partition coefficient (Wildman–Crippen LogP) is 17.5. The molecule has 18 heterocycles. The van der Waals surface area contributed by atoms with Gasteiger partial charge in [0.15, 0.2) is 0 Å². The molecule has 6 aliphatic rings. The van der Waals surface area contributed by atoms with Crippen molar-refractivity contribution in [1.82, 2.24) is 124 Å². The molecule has 1 unspecified atom stereocenters. The van der Waals surface area contributed by atoms with Gasteiger partial charge in [-0.1, -0.05) is 79.6 Å². The van der Waals surface area contributed by atoms with Gasteiger partial charge in [0.05, 0.1) is 63.3 Å². The van der Waals surface area contributed by atoms with Gasteiger partial charge < -0.3 is 46.9 Å². The van der Waals surface area contributed by atoms with Gasteiger partial charge in [-0.2, -0.15) is 25.5 Å². The summed E-state index contributed by atoms with van der Waals surface area (Å²) in [6.07, 6.45) is 61.4. The second kappa shape index (κ2) is 37.7. The lowest BCUT2D eigenvalue weighted by molar-refractivity contribution is 0.304. The number of pyridine rings is 5. The highest BCUT2D eigenvalue weighted by atomic mass is 16.3. The van der Waals surface area contributed by atoms with Gasteiger partial charge in [0.1, 0.15) is 41.5 Å². The highest BCUT2D eigenvalue weighted by molar-refractivity contribution is 6.18. The van der Waals surface area contributed by atoms with Crippen LogP contribution in [0.2, 0.25) is 0 Å². The summed E-state index contributed by atoms with van der Waals surface area (Å²) in [5, 5.41) is 23.0. The van der Waals surface area contributed by atoms with Crippen LogP contribution in [0, 0.1) is 17.8 Å². The molecular weight excluding hydrogens is 1770 g/mol. The molecule has 35 heteroatoms. The smallest absolute Gasteiger partial charge is 0.219 e. The number of anilines is 5. The SMILES string of the molecule is Cn1cc(-c2coc(C(C)(c3ccc(-c4cnc(N)nc4)nc3)C3CC3)n2)cn1.Cn1cc(-c2coc([C@@](C)(c3ccc(-c4cnc(N)nc4)nc3)C3CC3)n2)cn1.Cn1cc(-c2coc([C@](C)(c3ccc(-c4cnc(N)nc4)nc3)C3CC3)n2)cn1.Nc1ncc(-c2ccc(C3(C4=NN=C(c5cccnc5)C4)CCC3)cc2)cn1.Nc1ncc(-c2ccc(C3(c4c[nH]c5ncccc45)CCC3)cc2)cn1. The minimum Gasteiger partial charge on any atom is -0.447 e. The zero-order valence-corrected chi connectivity index (χ0v) is 78.6. The number of oxazole rings is 3. The standard InChI is InChI=1S/C22H20N6.3C21H21N7O.C21H19N5/c23-21-25-13-17(14-26-21)15-4-6-18(7-5-15)22(8-2-9-22)20-11-19(27-28-20)16-3-1-10-24-12-16;3*1-21(15-3-4-15,19-27-18(12-29-19)14-9-26-28(2)11-14)16-5-6-17(23-10-16)13-7-24-20(22)25-8-13;22-20-25-11-15(12-26-20)14-4-6-16(7-5-14)21(8-2-9-21)18-13-24-19-17(18)3-1-10-23-19/h1,3-7,10,12-14H,2,8-9,11H2,(H2,23,25,26);3*5-12,15H,3-4H2,1-2H3,(H2,22,24,25);1,3-7,10-13H,2,8-9H2,(H,23,24)(H2,22,25,26)/t;2*21-;;/m.10../s1. The van der Waals surface area contributed by atoms with Crippen LogP contribution in [-0.4, -0.2) is 135 Å². The largest absolute Gasteiger partial charge is 0.447 e. The zero-order valence-electron chi connectivity index (χ0n) is 78.6. The Labute approximate surface area is 810 Å². The molecule has 0 saturated heterocycles. The van der Waals surface area contributed by atoms with E-state index in [0.717, 1.165) is 181 Å². The van der Waals surface area contributed by atoms with E-state index in [9.17, 15) is 0 Å². The van der Waals surface area contributed by atoms with E-state index in [1.54, 1.807) is 120 Å². The van der Waals surface area contributed by atoms with Gasteiger partial charge in [0, 0.05) is 218 Å². The van der Waals surface area contributed by atoms with Gasteiger partial charge in [-0.05, 0) is 190 Å². The van der Waals surface area contributed by atoms with Crippen LogP contribution < -0.4 is 28.7 Å². The number of nitrogen functional groups attached to an aromatic ring is 5. The zero-order chi connectivity index (χ0) is 96.6. The summed E-state index contributed by atoms with van der Waals surface area (Å²) in [7, 11) is 5.66. The third-order valence-corrected chi connectivity index (χ3v) is 28.5. The molecule has 141 heavy (non-hydrogen) atoms. The van der Waals surface area contributed by atoms with E-state index >= 15 is 0 Å². The molecule has 25 rings (SSSR count). The van der Waals surface area contributed by atoms with Crippen molar-refractivity contribution in [2.75, 3.05) is 28.7 Å². The van der Waals surface area contributed by atoms with Crippen molar-refractivity contribution < 1.29 is 13.3 Å². The van der Waals surface area contributed by atoms with Crippen LogP contribution in [-0.2, 0) is 48.2 Å². The van der Waals surface area contributed by atoms with Gasteiger partial charge in [0.25, 0.3) is 0 Å². The van der Waals surface area contributed by atoms with E-state index in [2.05, 4.69) is 205 Å². The number of nitrogens with two attached hydrogens (primary N) is 5. The highest BCUT2D eigenvalue weighted by Gasteiger charge is 2.52. The maximum atomic E-state index is 5.97. The fraction of sp³-hybridized carbons (Fsp3) is 0.255. The van der Waals surface area contributed by atoms with Crippen LogP contribution in [0.15, 0.2) is 294 Å². The molecule has 1 aliphatic heterocycles. The van der Waals surface area contributed by atoms with Crippen LogP contribution >= 0.6 is 0 Å². The van der Waals surface area contributed by atoms with Gasteiger partial charge in [-0.3, -0.25) is 34.0 Å². The highest BCUT2D eigenvalue weighted by Crippen LogP contribution is 2.56. The molecule has 0 bridgehead atoms. The van der Waals surface area contributed by atoms with E-state index in [1.165, 1.54) is 53.5 Å². The summed E-state index contributed by atoms with van der Waals surface area (Å²) in [4.78, 5) is 80.9. The summed E-state index contributed by atoms with van der Waals surface area (Å²) in [5.41, 5.74) is 52.6. The maximum absolute atomic E-state index is 5.97. The molecule has 11 N–H and O–H groups in total. The first-order valence-electron chi connectivity index (χ1n) is 46.9. The van der Waals surface area contributed by atoms with Crippen molar-refractivity contribution in [3.05, 3.63) is 327 Å². The van der Waals surface area contributed by atoms with Crippen LogP contribution in [0.4, 0.5) is 29.7 Å². The lowest BCUT2D eigenvalue weighted by atomic mass is 9.60. The lowest BCUT2D eigenvalue weighted by Gasteiger charge is -2.42. The number of nitrogens with zero attached hydrogens (tertiary/aromatic N) is 26. The van der Waals surface area contributed by atoms with Crippen LogP contribution in [0.25, 0.3) is 101 Å². The number of nitrogens with one attached hydrogen (secondary N) is 1. The Morgan fingerprint density at radius 2 is 0.702 bits per heavy atom. The molecule has 704 valence electrons. The molecule has 0 amide bonds. The first-order valence-corrected chi connectivity index (χ1v) is 46.9. The van der Waals surface area contributed by atoms with Crippen LogP contribution in [0.1, 0.15) is 161 Å². The minimum absolute atomic E-state index is 0.00358. The van der Waals surface area contributed by atoms with Crippen molar-refractivity contribution in [3.63, 3.8) is 0 Å². The number of aryl methyl sites for hydroxylation is 3. The van der Waals surface area contributed by atoms with Gasteiger partial charge in [-0.15, -0.1) is 0 Å². The fourth-order valence-corrected chi connectivity index (χ4v) is 19.3. The average Bonchev–Trinajstić information content (AvgIpc) is 1.69. The predicted molar refractivity (Wildman–Crippen MR) is 536 cm³/mol. The molecule has 17 aromatic heterocycles. The first-order chi connectivity index (χ1) is 68.6. The van der Waals surface area contributed by atoms with E-state index in [-0.39, 0.29) is 50.9 Å².